The SMILES string of the molecule is C=C.CC.CC(=O)N1CCC(=C2c3ccc(O)cc3CCc3cc(Br)cnc32)CC1.CSC. The summed E-state index contributed by atoms with van der Waals surface area (Å²) in [5.74, 6) is 0.447. The lowest BCUT2D eigenvalue weighted by atomic mass is 9.88. The van der Waals surface area contributed by atoms with Crippen LogP contribution < -0.4 is 0 Å². The molecule has 1 aromatic carbocycles. The predicted octanol–water partition coefficient (Wildman–Crippen LogP) is 6.90. The molecule has 0 saturated carbocycles. The van der Waals surface area contributed by atoms with Gasteiger partial charge >= 0.3 is 0 Å². The van der Waals surface area contributed by atoms with Gasteiger partial charge in [0.15, 0.2) is 0 Å². The number of nitrogens with zero attached hydrogens (tertiary/aromatic N) is 2. The van der Waals surface area contributed by atoms with Crippen LogP contribution >= 0.6 is 27.7 Å². The number of benzene rings is 1. The lowest BCUT2D eigenvalue weighted by Crippen LogP contribution is -2.34. The number of rotatable bonds is 0. The first-order chi connectivity index (χ1) is 15.9. The number of carbonyl (C=O) groups is 1. The monoisotopic (exact) mass is 532 g/mol. The maximum Gasteiger partial charge on any atom is 0.219 e. The van der Waals surface area contributed by atoms with Crippen LogP contribution in [-0.4, -0.2) is 46.5 Å². The molecule has 0 radical (unpaired) electrons. The number of likely N-dealkylation sites (tertiary alicyclic amines) is 1. The average molecular weight is 534 g/mol. The zero-order chi connectivity index (χ0) is 25.0. The lowest BCUT2D eigenvalue weighted by Gasteiger charge is -2.29. The van der Waals surface area contributed by atoms with E-state index in [2.05, 4.69) is 35.2 Å². The lowest BCUT2D eigenvalue weighted by molar-refractivity contribution is -0.129. The summed E-state index contributed by atoms with van der Waals surface area (Å²) < 4.78 is 0.987. The predicted molar refractivity (Wildman–Crippen MR) is 147 cm³/mol. The first kappa shape index (κ1) is 29.0. The van der Waals surface area contributed by atoms with Crippen molar-refractivity contribution in [3.8, 4) is 5.75 Å². The maximum absolute atomic E-state index is 11.7. The van der Waals surface area contributed by atoms with Gasteiger partial charge in [0, 0.05) is 36.3 Å². The second-order valence-electron chi connectivity index (χ2n) is 7.40. The Kier molecular flexibility index (Phi) is 13.1. The molecule has 0 spiro atoms. The molecule has 6 heteroatoms. The van der Waals surface area contributed by atoms with Gasteiger partial charge in [0.1, 0.15) is 5.75 Å². The number of aromatic hydroxyl groups is 1. The number of thioether (sulfide) groups is 1. The van der Waals surface area contributed by atoms with Crippen molar-refractivity contribution in [2.24, 2.45) is 0 Å². The third-order valence-corrected chi connectivity index (χ3v) is 5.79. The molecule has 4 rings (SSSR count). The minimum absolute atomic E-state index is 0.141. The van der Waals surface area contributed by atoms with E-state index < -0.39 is 0 Å². The molecule has 0 atom stereocenters. The number of aromatic nitrogens is 1. The Hall–Kier alpha value is -2.05. The van der Waals surface area contributed by atoms with Crippen LogP contribution in [0.3, 0.4) is 0 Å². The number of phenols is 1. The molecule has 4 nitrogen and oxygen atoms in total. The minimum Gasteiger partial charge on any atom is -0.508 e. The minimum atomic E-state index is 0.141. The van der Waals surface area contributed by atoms with Gasteiger partial charge in [-0.2, -0.15) is 11.8 Å². The molecule has 1 amide bonds. The third-order valence-electron chi connectivity index (χ3n) is 5.36. The average Bonchev–Trinajstić information content (AvgIpc) is 2.98. The Labute approximate surface area is 212 Å². The number of pyridine rings is 1. The molecule has 1 aliphatic heterocycles. The van der Waals surface area contributed by atoms with Crippen molar-refractivity contribution in [1.29, 1.82) is 0 Å². The number of halogens is 1. The van der Waals surface area contributed by atoms with Gasteiger partial charge in [-0.25, -0.2) is 0 Å². The Morgan fingerprint density at radius 1 is 1.06 bits per heavy atom. The highest BCUT2D eigenvalue weighted by molar-refractivity contribution is 9.10. The van der Waals surface area contributed by atoms with Crippen molar-refractivity contribution < 1.29 is 9.90 Å². The van der Waals surface area contributed by atoms with Gasteiger partial charge in [-0.15, -0.1) is 13.2 Å². The van der Waals surface area contributed by atoms with Gasteiger partial charge in [0.05, 0.1) is 5.69 Å². The van der Waals surface area contributed by atoms with Gasteiger partial charge in [0.25, 0.3) is 0 Å². The van der Waals surface area contributed by atoms with Gasteiger partial charge in [0.2, 0.25) is 5.91 Å². The molecule has 2 heterocycles. The summed E-state index contributed by atoms with van der Waals surface area (Å²) in [4.78, 5) is 18.3. The first-order valence-corrected chi connectivity index (χ1v) is 13.7. The van der Waals surface area contributed by atoms with Gasteiger partial charge in [-0.05, 0) is 89.0 Å². The van der Waals surface area contributed by atoms with Crippen molar-refractivity contribution in [1.82, 2.24) is 9.88 Å². The largest absolute Gasteiger partial charge is 0.508 e. The zero-order valence-electron chi connectivity index (χ0n) is 20.6. The first-order valence-electron chi connectivity index (χ1n) is 11.3. The van der Waals surface area contributed by atoms with Crippen LogP contribution in [0.2, 0.25) is 0 Å². The molecule has 180 valence electrons. The fourth-order valence-electron chi connectivity index (χ4n) is 4.02. The summed E-state index contributed by atoms with van der Waals surface area (Å²) >= 11 is 5.29. The molecule has 0 unspecified atom stereocenters. The van der Waals surface area contributed by atoms with Gasteiger partial charge < -0.3 is 10.0 Å². The van der Waals surface area contributed by atoms with Crippen LogP contribution in [0.25, 0.3) is 5.57 Å². The maximum atomic E-state index is 11.7. The van der Waals surface area contributed by atoms with Crippen LogP contribution in [0.1, 0.15) is 56.0 Å². The van der Waals surface area contributed by atoms with Crippen LogP contribution in [0.5, 0.6) is 5.75 Å². The Bertz CT molecular complexity index is 894. The van der Waals surface area contributed by atoms with Crippen LogP contribution in [0, 0.1) is 0 Å². The summed E-state index contributed by atoms with van der Waals surface area (Å²) in [5.41, 5.74) is 7.16. The fraction of sp³-hybridized carbons (Fsp3) is 0.407. The number of amides is 1. The Morgan fingerprint density at radius 3 is 2.21 bits per heavy atom. The number of phenolic OH excluding ortho intramolecular Hbond substituents is 1. The van der Waals surface area contributed by atoms with Crippen LogP contribution in [0.15, 0.2) is 53.7 Å². The van der Waals surface area contributed by atoms with E-state index in [9.17, 15) is 9.90 Å². The standard InChI is InChI=1S/C21H21BrN2O2.C2H6S.C2H6.C2H4/c1-13(25)24-8-6-14(7-9-24)20-19-5-4-18(26)11-15(19)2-3-16-10-17(22)12-23-21(16)20;1-3-2;2*1-2/h4-5,10-12,26H,2-3,6-9H2,1H3;1-2H3;1-2H3;1-2H2. The van der Waals surface area contributed by atoms with Crippen LogP contribution in [-0.2, 0) is 17.6 Å². The van der Waals surface area contributed by atoms with E-state index in [1.54, 1.807) is 24.8 Å². The molecule has 1 aromatic heterocycles. The van der Waals surface area contributed by atoms with E-state index in [0.29, 0.717) is 5.75 Å². The number of fused-ring (bicyclic) bond motifs is 2. The van der Waals surface area contributed by atoms with Crippen molar-refractivity contribution in [2.75, 3.05) is 25.6 Å². The van der Waals surface area contributed by atoms with Crippen molar-refractivity contribution in [2.45, 2.75) is 46.5 Å². The normalized spacial score (nSPS) is 14.1. The highest BCUT2D eigenvalue weighted by atomic mass is 79.9. The molecule has 1 saturated heterocycles. The third kappa shape index (κ3) is 7.75. The number of piperidine rings is 1. The second-order valence-corrected chi connectivity index (χ2v) is 9.13. The van der Waals surface area contributed by atoms with Gasteiger partial charge in [-0.3, -0.25) is 9.78 Å². The van der Waals surface area contributed by atoms with Crippen molar-refractivity contribution >= 4 is 39.2 Å². The Balaban J connectivity index is 0.000000705. The smallest absolute Gasteiger partial charge is 0.219 e. The quantitative estimate of drug-likeness (QED) is 0.375. The van der Waals surface area contributed by atoms with E-state index in [4.69, 9.17) is 4.98 Å². The summed E-state index contributed by atoms with van der Waals surface area (Å²) in [6.45, 7) is 13.1. The summed E-state index contributed by atoms with van der Waals surface area (Å²) in [5, 5.41) is 9.95. The summed E-state index contributed by atoms with van der Waals surface area (Å²) in [6.07, 6.45) is 9.45. The summed E-state index contributed by atoms with van der Waals surface area (Å²) in [6, 6.07) is 7.80. The van der Waals surface area contributed by atoms with Gasteiger partial charge in [-0.1, -0.05) is 25.5 Å². The molecular weight excluding hydrogens is 496 g/mol. The highest BCUT2D eigenvalue weighted by Gasteiger charge is 2.26. The van der Waals surface area contributed by atoms with Crippen molar-refractivity contribution in [3.63, 3.8) is 0 Å². The molecule has 2 aromatic rings. The van der Waals surface area contributed by atoms with E-state index in [0.717, 1.165) is 54.5 Å². The van der Waals surface area contributed by atoms with E-state index in [1.807, 2.05) is 49.6 Å². The molecule has 2 aliphatic rings. The van der Waals surface area contributed by atoms with E-state index in [1.165, 1.54) is 22.3 Å². The number of carbonyl (C=O) groups excluding carboxylic acids is 1. The molecule has 1 aliphatic carbocycles. The molecule has 33 heavy (non-hydrogen) atoms. The summed E-state index contributed by atoms with van der Waals surface area (Å²) in [7, 11) is 0. The zero-order valence-corrected chi connectivity index (χ0v) is 23.0. The topological polar surface area (TPSA) is 53.4 Å². The highest BCUT2D eigenvalue weighted by Crippen LogP contribution is 2.39. The number of hydrogen-bond acceptors (Lipinski definition) is 4. The molecule has 1 fully saturated rings. The van der Waals surface area contributed by atoms with E-state index in [-0.39, 0.29) is 5.91 Å². The molecular formula is C27H37BrN2O2S. The molecule has 0 bridgehead atoms. The number of hydrogen-bond donors (Lipinski definition) is 1. The number of aryl methyl sites for hydroxylation is 2. The van der Waals surface area contributed by atoms with Crippen molar-refractivity contribution in [3.05, 3.63) is 76.1 Å². The molecule has 1 N–H and O–H groups in total. The second kappa shape index (κ2) is 15.0. The van der Waals surface area contributed by atoms with Crippen LogP contribution in [0.4, 0.5) is 0 Å². The Morgan fingerprint density at radius 2 is 1.64 bits per heavy atom. The van der Waals surface area contributed by atoms with E-state index >= 15 is 0 Å². The fourth-order valence-corrected chi connectivity index (χ4v) is 4.40.